The lowest BCUT2D eigenvalue weighted by molar-refractivity contribution is -0.384. The molecule has 3 N–H and O–H groups in total. The van der Waals surface area contributed by atoms with Gasteiger partial charge in [-0.05, 0) is 80.4 Å². The maximum atomic E-state index is 12.8. The van der Waals surface area contributed by atoms with E-state index in [0.717, 1.165) is 37.9 Å². The van der Waals surface area contributed by atoms with E-state index in [4.69, 9.17) is 12.2 Å². The second-order valence-corrected chi connectivity index (χ2v) is 9.17. The molecule has 10 heteroatoms. The average Bonchev–Trinajstić information content (AvgIpc) is 2.89. The number of carbonyl (C=O) groups is 2. The molecule has 0 spiro atoms. The number of hydrogen-bond acceptors (Lipinski definition) is 6. The van der Waals surface area contributed by atoms with Crippen LogP contribution in [-0.2, 0) is 0 Å². The summed E-state index contributed by atoms with van der Waals surface area (Å²) in [5, 5.41) is 20.0. The Hall–Kier alpha value is -4.31. The molecule has 0 aromatic heterocycles. The topological polar surface area (TPSA) is 117 Å². The van der Waals surface area contributed by atoms with Gasteiger partial charge in [0.2, 0.25) is 0 Å². The number of aryl methyl sites for hydroxylation is 1. The average molecular weight is 518 g/mol. The van der Waals surface area contributed by atoms with Crippen LogP contribution in [0.5, 0.6) is 0 Å². The maximum Gasteiger partial charge on any atom is 0.293 e. The minimum absolute atomic E-state index is 0.0233. The molecule has 4 rings (SSSR count). The fraction of sp³-hybridized carbons (Fsp3) is 0.222. The number of anilines is 3. The first-order valence-electron chi connectivity index (χ1n) is 11.9. The lowest BCUT2D eigenvalue weighted by Crippen LogP contribution is -2.34. The quantitative estimate of drug-likeness (QED) is 0.232. The normalized spacial score (nSPS) is 12.9. The fourth-order valence-electron chi connectivity index (χ4n) is 4.25. The van der Waals surface area contributed by atoms with Gasteiger partial charge in [0.1, 0.15) is 5.69 Å². The van der Waals surface area contributed by atoms with Crippen molar-refractivity contribution in [2.45, 2.75) is 26.2 Å². The predicted octanol–water partition coefficient (Wildman–Crippen LogP) is 5.27. The summed E-state index contributed by atoms with van der Waals surface area (Å²) in [5.74, 6) is -0.796. The number of nitrogens with zero attached hydrogens (tertiary/aromatic N) is 2. The Bertz CT molecular complexity index is 1350. The highest BCUT2D eigenvalue weighted by Crippen LogP contribution is 2.31. The van der Waals surface area contributed by atoms with Crippen LogP contribution >= 0.6 is 12.2 Å². The molecule has 0 bridgehead atoms. The maximum absolute atomic E-state index is 12.8. The van der Waals surface area contributed by atoms with Crippen molar-refractivity contribution in [2.75, 3.05) is 28.6 Å². The first-order chi connectivity index (χ1) is 17.8. The molecule has 0 atom stereocenters. The van der Waals surface area contributed by atoms with Crippen LogP contribution < -0.4 is 20.9 Å². The van der Waals surface area contributed by atoms with Gasteiger partial charge in [0.15, 0.2) is 5.11 Å². The van der Waals surface area contributed by atoms with Crippen LogP contribution in [0, 0.1) is 17.0 Å². The smallest absolute Gasteiger partial charge is 0.293 e. The first kappa shape index (κ1) is 25.8. The third kappa shape index (κ3) is 6.47. The summed E-state index contributed by atoms with van der Waals surface area (Å²) in [5.41, 5.74) is 3.09. The molecule has 37 heavy (non-hydrogen) atoms. The lowest BCUT2D eigenvalue weighted by atomic mass is 10.1. The molecular weight excluding hydrogens is 490 g/mol. The van der Waals surface area contributed by atoms with E-state index < -0.39 is 10.8 Å². The number of thiocarbonyl (C=S) groups is 1. The lowest BCUT2D eigenvalue weighted by Gasteiger charge is -2.28. The van der Waals surface area contributed by atoms with Gasteiger partial charge in [-0.15, -0.1) is 0 Å². The van der Waals surface area contributed by atoms with Crippen LogP contribution in [0.4, 0.5) is 22.7 Å². The van der Waals surface area contributed by atoms with Crippen LogP contribution in [-0.4, -0.2) is 34.9 Å². The van der Waals surface area contributed by atoms with E-state index in [2.05, 4.69) is 16.0 Å². The zero-order valence-corrected chi connectivity index (χ0v) is 21.1. The Kier molecular flexibility index (Phi) is 8.09. The van der Waals surface area contributed by atoms with Crippen molar-refractivity contribution >= 4 is 51.9 Å². The van der Waals surface area contributed by atoms with Crippen molar-refractivity contribution in [2.24, 2.45) is 0 Å². The summed E-state index contributed by atoms with van der Waals surface area (Å²) in [7, 11) is 0. The third-order valence-electron chi connectivity index (χ3n) is 6.13. The summed E-state index contributed by atoms with van der Waals surface area (Å²) in [4.78, 5) is 38.6. The van der Waals surface area contributed by atoms with Crippen molar-refractivity contribution in [3.63, 3.8) is 0 Å². The molecule has 0 saturated carbocycles. The van der Waals surface area contributed by atoms with E-state index >= 15 is 0 Å². The molecule has 1 aliphatic rings. The summed E-state index contributed by atoms with van der Waals surface area (Å²) < 4.78 is 0. The van der Waals surface area contributed by atoms with Crippen molar-refractivity contribution in [1.29, 1.82) is 0 Å². The molecule has 0 radical (unpaired) electrons. The van der Waals surface area contributed by atoms with Crippen molar-refractivity contribution in [3.05, 3.63) is 93.5 Å². The summed E-state index contributed by atoms with van der Waals surface area (Å²) in [6.07, 6.45) is 3.07. The number of rotatable bonds is 6. The monoisotopic (exact) mass is 517 g/mol. The van der Waals surface area contributed by atoms with Crippen LogP contribution in [0.1, 0.15) is 45.5 Å². The van der Waals surface area contributed by atoms with Gasteiger partial charge in [0, 0.05) is 41.7 Å². The molecule has 3 aromatic rings. The van der Waals surface area contributed by atoms with Crippen LogP contribution in [0.15, 0.2) is 66.7 Å². The molecule has 9 nitrogen and oxygen atoms in total. The fourth-order valence-corrected chi connectivity index (χ4v) is 4.46. The Morgan fingerprint density at radius 2 is 1.59 bits per heavy atom. The van der Waals surface area contributed by atoms with Gasteiger partial charge in [0.25, 0.3) is 17.5 Å². The Balaban J connectivity index is 1.40. The Morgan fingerprint density at radius 3 is 2.30 bits per heavy atom. The van der Waals surface area contributed by atoms with Gasteiger partial charge in [-0.25, -0.2) is 0 Å². The highest BCUT2D eigenvalue weighted by Gasteiger charge is 2.23. The standard InChI is InChI=1S/C27H27N5O4S/c1-18-8-3-4-11-22(18)26(34)28-20-9-7-10-21(17-20)29-27(37)30-25(33)19-12-13-23(24(16-19)32(35)36)31-14-5-2-6-15-31/h3-4,7-13,16-17H,2,5-6,14-15H2,1H3,(H,28,34)(H2,29,30,33,37). The van der Waals surface area contributed by atoms with E-state index in [-0.39, 0.29) is 22.3 Å². The van der Waals surface area contributed by atoms with Crippen molar-refractivity contribution in [3.8, 4) is 0 Å². The molecule has 0 aliphatic carbocycles. The van der Waals surface area contributed by atoms with Gasteiger partial charge >= 0.3 is 0 Å². The number of amides is 2. The SMILES string of the molecule is Cc1ccccc1C(=O)Nc1cccc(NC(=S)NC(=O)c2ccc(N3CCCCC3)c([N+](=O)[O-])c2)c1. The van der Waals surface area contributed by atoms with Gasteiger partial charge in [-0.2, -0.15) is 0 Å². The summed E-state index contributed by atoms with van der Waals surface area (Å²) in [6.45, 7) is 3.37. The zero-order valence-electron chi connectivity index (χ0n) is 20.3. The number of hydrogen-bond donors (Lipinski definition) is 3. The highest BCUT2D eigenvalue weighted by atomic mass is 32.1. The third-order valence-corrected chi connectivity index (χ3v) is 6.33. The molecule has 1 heterocycles. The highest BCUT2D eigenvalue weighted by molar-refractivity contribution is 7.80. The Morgan fingerprint density at radius 1 is 0.892 bits per heavy atom. The zero-order chi connectivity index (χ0) is 26.4. The van der Waals surface area contributed by atoms with E-state index in [1.807, 2.05) is 24.0 Å². The van der Waals surface area contributed by atoms with E-state index in [1.54, 1.807) is 48.5 Å². The van der Waals surface area contributed by atoms with Gasteiger partial charge in [-0.3, -0.25) is 25.0 Å². The number of nitro benzene ring substituents is 1. The van der Waals surface area contributed by atoms with Gasteiger partial charge in [0.05, 0.1) is 4.92 Å². The first-order valence-corrected chi connectivity index (χ1v) is 12.4. The molecule has 1 saturated heterocycles. The second-order valence-electron chi connectivity index (χ2n) is 8.77. The minimum atomic E-state index is -0.560. The van der Waals surface area contributed by atoms with E-state index in [1.165, 1.54) is 6.07 Å². The Labute approximate surface area is 220 Å². The van der Waals surface area contributed by atoms with Crippen molar-refractivity contribution < 1.29 is 14.5 Å². The summed E-state index contributed by atoms with van der Waals surface area (Å²) >= 11 is 5.28. The van der Waals surface area contributed by atoms with Gasteiger partial charge in [-0.1, -0.05) is 24.3 Å². The second kappa shape index (κ2) is 11.6. The van der Waals surface area contributed by atoms with Gasteiger partial charge < -0.3 is 15.5 Å². The number of carbonyl (C=O) groups excluding carboxylic acids is 2. The summed E-state index contributed by atoms with van der Waals surface area (Å²) in [6, 6.07) is 18.7. The van der Waals surface area contributed by atoms with E-state index in [9.17, 15) is 19.7 Å². The number of nitro groups is 1. The minimum Gasteiger partial charge on any atom is -0.366 e. The van der Waals surface area contributed by atoms with Crippen LogP contribution in [0.25, 0.3) is 0 Å². The van der Waals surface area contributed by atoms with Crippen LogP contribution in [0.3, 0.4) is 0 Å². The van der Waals surface area contributed by atoms with E-state index in [0.29, 0.717) is 22.6 Å². The number of nitrogens with one attached hydrogen (secondary N) is 3. The largest absolute Gasteiger partial charge is 0.366 e. The number of benzene rings is 3. The molecule has 1 fully saturated rings. The molecule has 0 unspecified atom stereocenters. The number of piperidine rings is 1. The molecule has 1 aliphatic heterocycles. The molecule has 2 amide bonds. The molecule has 190 valence electrons. The van der Waals surface area contributed by atoms with Crippen molar-refractivity contribution in [1.82, 2.24) is 5.32 Å². The molecular formula is C27H27N5O4S. The predicted molar refractivity (Wildman–Crippen MR) is 148 cm³/mol. The molecule has 3 aromatic carbocycles. The van der Waals surface area contributed by atoms with Crippen LogP contribution in [0.2, 0.25) is 0 Å².